The van der Waals surface area contributed by atoms with E-state index < -0.39 is 44.0 Å². The number of hydrogen-bond donors (Lipinski definition) is 0. The maximum absolute atomic E-state index is 12.2. The van der Waals surface area contributed by atoms with Gasteiger partial charge in [0.1, 0.15) is 77.9 Å². The average molecular weight is 2050 g/mol. The van der Waals surface area contributed by atoms with Gasteiger partial charge in [0.25, 0.3) is 8.32 Å². The Hall–Kier alpha value is -16.6. The summed E-state index contributed by atoms with van der Waals surface area (Å²) in [4.78, 5) is 111. The van der Waals surface area contributed by atoms with Crippen molar-refractivity contribution in [1.29, 1.82) is 5.26 Å². The highest BCUT2D eigenvalue weighted by atomic mass is 35.5. The van der Waals surface area contributed by atoms with Crippen molar-refractivity contribution in [2.45, 2.75) is 132 Å². The smallest absolute Gasteiger partial charge is 0.514 e. The normalized spacial score (nSPS) is 11.0. The lowest BCUT2D eigenvalue weighted by Gasteiger charge is -2.29. The molecule has 16 aromatic rings. The number of rotatable bonds is 34. The Labute approximate surface area is 856 Å². The molecule has 0 unspecified atom stereocenters. The van der Waals surface area contributed by atoms with Gasteiger partial charge in [0.05, 0.1) is 71.8 Å². The fourth-order valence-corrected chi connectivity index (χ4v) is 17.3. The maximum Gasteiger partial charge on any atom is 0.514 e. The molecule has 146 heavy (non-hydrogen) atoms. The van der Waals surface area contributed by atoms with Gasteiger partial charge in [-0.2, -0.15) is 5.26 Å². The first-order valence-corrected chi connectivity index (χ1v) is 49.9. The van der Waals surface area contributed by atoms with Crippen molar-refractivity contribution in [3.05, 3.63) is 326 Å². The lowest BCUT2D eigenvalue weighted by molar-refractivity contribution is -0.139. The van der Waals surface area contributed by atoms with Crippen molar-refractivity contribution in [3.63, 3.8) is 0 Å². The van der Waals surface area contributed by atoms with E-state index in [0.717, 1.165) is 109 Å². The minimum Gasteiger partial charge on any atom is -0.542 e. The Bertz CT molecular complexity index is 7660. The third-order valence-electron chi connectivity index (χ3n) is 22.3. The molecule has 0 aliphatic heterocycles. The van der Waals surface area contributed by atoms with Gasteiger partial charge in [0.15, 0.2) is 24.6 Å². The quantitative estimate of drug-likeness (QED) is 0.00902. The van der Waals surface area contributed by atoms with E-state index in [9.17, 15) is 48.4 Å². The zero-order chi connectivity index (χ0) is 105. The topological polar surface area (TPSA) is 405 Å². The van der Waals surface area contributed by atoms with Gasteiger partial charge in [-0.05, 0) is 246 Å². The summed E-state index contributed by atoms with van der Waals surface area (Å²) in [7, 11) is -1.82. The fraction of sp³-hybridized carbons (Fsp3) is 0.229. The Balaban J connectivity index is 0.000000163. The first-order chi connectivity index (χ1) is 69.9. The molecule has 11 aromatic carbocycles. The molecule has 0 fully saturated rings. The predicted octanol–water partition coefficient (Wildman–Crippen LogP) is 21.5. The molecular weight excluding hydrogens is 1940 g/mol. The Morgan fingerprint density at radius 3 is 1.01 bits per heavy atom. The Morgan fingerprint density at radius 1 is 0.356 bits per heavy atom. The van der Waals surface area contributed by atoms with E-state index in [4.69, 9.17) is 77.5 Å². The Kier molecular flexibility index (Phi) is 37.0. The summed E-state index contributed by atoms with van der Waals surface area (Å²) >= 11 is 18.0. The highest BCUT2D eigenvalue weighted by Gasteiger charge is 2.33. The molecule has 0 saturated carbocycles. The van der Waals surface area contributed by atoms with Crippen LogP contribution in [0.3, 0.4) is 0 Å². The molecule has 0 radical (unpaired) electrons. The molecule has 0 aliphatic carbocycles. The molecule has 0 aliphatic rings. The first-order valence-electron chi connectivity index (χ1n) is 46.2. The van der Waals surface area contributed by atoms with E-state index in [1.807, 2.05) is 109 Å². The number of nitriles is 1. The highest BCUT2D eigenvalue weighted by Crippen LogP contribution is 2.34. The third-order valence-corrected chi connectivity index (χ3v) is 27.8. The van der Waals surface area contributed by atoms with Gasteiger partial charge < -0.3 is 37.6 Å². The monoisotopic (exact) mass is 2040 g/mol. The number of ether oxygens (including phenoxy) is 7. The van der Waals surface area contributed by atoms with E-state index >= 15 is 0 Å². The van der Waals surface area contributed by atoms with E-state index in [1.165, 1.54) is 37.4 Å². The maximum atomic E-state index is 12.2. The van der Waals surface area contributed by atoms with Gasteiger partial charge in [0.2, 0.25) is 0 Å². The SMILES string of the molecule is C=C(C)C(=O)OCCc1ccc(C=O)c(-n2nc3cc(Cl)c(Cl)cc3n2)c1.C=C(C)C(=O)OCCc1ccc(C=O)c(-n2nc3cc4ccccc4cc3n2)c1.C=C(C)C(=O)OCCc1ccc(C=O)c(-n2nc3ccc(Cl)cc3n2)c1.C=C(C)C(=O)OCCc1ccc2nn(-c3cc(C#N)ccc3OC(=O)OC(C)(C)C)nc2c1.C=C(C)C(=O)OCCc1ccc2nn(-c3ccccc3O[Si](CC)(CC)CC)nc2c1. The first kappa shape index (κ1) is 108. The van der Waals surface area contributed by atoms with Crippen molar-refractivity contribution < 1.29 is 80.7 Å². The van der Waals surface area contributed by atoms with Crippen LogP contribution in [0.4, 0.5) is 4.79 Å². The number of esters is 5. The van der Waals surface area contributed by atoms with E-state index in [0.29, 0.717) is 160 Å². The molecule has 0 amide bonds. The number of fused-ring (bicyclic) bond motifs is 6. The van der Waals surface area contributed by atoms with Crippen LogP contribution in [0.2, 0.25) is 33.2 Å². The molecule has 748 valence electrons. The van der Waals surface area contributed by atoms with E-state index in [-0.39, 0.29) is 38.1 Å². The zero-order valence-corrected chi connectivity index (χ0v) is 85.5. The number of carbonyl (C=O) groups is 9. The second-order valence-corrected chi connectivity index (χ2v) is 40.7. The van der Waals surface area contributed by atoms with Crippen molar-refractivity contribution in [1.82, 2.24) is 75.0 Å². The van der Waals surface area contributed by atoms with Crippen LogP contribution >= 0.6 is 34.8 Å². The molecule has 37 heteroatoms. The van der Waals surface area contributed by atoms with Crippen molar-refractivity contribution in [3.8, 4) is 46.0 Å². The molecule has 5 aromatic heterocycles. The van der Waals surface area contributed by atoms with Crippen LogP contribution < -0.4 is 9.16 Å². The summed E-state index contributed by atoms with van der Waals surface area (Å²) in [6.07, 6.45) is 3.98. The second kappa shape index (κ2) is 49.9. The summed E-state index contributed by atoms with van der Waals surface area (Å²) < 4.78 is 42.9. The third kappa shape index (κ3) is 28.9. The lowest BCUT2D eigenvalue weighted by Crippen LogP contribution is -2.39. The van der Waals surface area contributed by atoms with Crippen LogP contribution in [-0.4, -0.2) is 177 Å². The van der Waals surface area contributed by atoms with Crippen molar-refractivity contribution >= 4 is 164 Å². The lowest BCUT2D eigenvalue weighted by atomic mass is 10.1. The predicted molar refractivity (Wildman–Crippen MR) is 560 cm³/mol. The molecule has 0 spiro atoms. The van der Waals surface area contributed by atoms with Crippen LogP contribution in [0, 0.1) is 11.3 Å². The molecule has 0 bridgehead atoms. The van der Waals surface area contributed by atoms with Gasteiger partial charge in [-0.1, -0.05) is 155 Å². The molecule has 5 heterocycles. The average Bonchev–Trinajstić information content (AvgIpc) is 1.68. The van der Waals surface area contributed by atoms with Crippen LogP contribution in [0.1, 0.15) is 141 Å². The number of halogens is 3. The molecular formula is C109H105Cl3N16O17Si. The molecule has 0 saturated heterocycles. The summed E-state index contributed by atoms with van der Waals surface area (Å²) in [6.45, 7) is 38.8. The largest absolute Gasteiger partial charge is 0.542 e. The molecule has 0 atom stereocenters. The fourth-order valence-electron chi connectivity index (χ4n) is 14.2. The van der Waals surface area contributed by atoms with Gasteiger partial charge in [-0.3, -0.25) is 14.4 Å². The molecule has 33 nitrogen and oxygen atoms in total. The van der Waals surface area contributed by atoms with Crippen molar-refractivity contribution in [2.24, 2.45) is 0 Å². The summed E-state index contributed by atoms with van der Waals surface area (Å²) in [6, 6.07) is 65.5. The number of hydrogen-bond acceptors (Lipinski definition) is 28. The van der Waals surface area contributed by atoms with Gasteiger partial charge >= 0.3 is 36.0 Å². The second-order valence-electron chi connectivity index (χ2n) is 34.7. The van der Waals surface area contributed by atoms with Crippen molar-refractivity contribution in [2.75, 3.05) is 33.0 Å². The highest BCUT2D eigenvalue weighted by molar-refractivity contribution is 6.74. The Morgan fingerprint density at radius 2 is 0.664 bits per heavy atom. The van der Waals surface area contributed by atoms with Gasteiger partial charge in [-0.15, -0.1) is 75.0 Å². The number of nitrogens with zero attached hydrogens (tertiary/aromatic N) is 16. The van der Waals surface area contributed by atoms with E-state index in [1.54, 1.807) is 133 Å². The zero-order valence-electron chi connectivity index (χ0n) is 82.2. The number of para-hydroxylation sites is 2. The minimum absolute atomic E-state index is 0.149. The van der Waals surface area contributed by atoms with Gasteiger partial charge in [-0.25, -0.2) is 28.8 Å². The summed E-state index contributed by atoms with van der Waals surface area (Å²) in [5, 5.41) is 57.7. The minimum atomic E-state index is -1.82. The van der Waals surface area contributed by atoms with E-state index in [2.05, 4.69) is 106 Å². The molecule has 16 rings (SSSR count). The molecule has 0 N–H and O–H groups in total. The van der Waals surface area contributed by atoms with Crippen LogP contribution in [0.5, 0.6) is 11.5 Å². The number of carbonyl (C=O) groups excluding carboxylic acids is 9. The van der Waals surface area contributed by atoms with Crippen LogP contribution in [-0.2, 0) is 84.5 Å². The summed E-state index contributed by atoms with van der Waals surface area (Å²) in [5.74, 6) is -1.09. The standard InChI is InChI=1S/C24H24N4O5.C24H31N3O3Si.C23H19N3O3.C19H15Cl2N3O3.C19H16ClN3O3/c1-15(2)22(29)31-11-10-16-6-8-18-19(12-16)27-28(26-18)20-13-17(14-25)7-9-21(20)32-23(30)33-24(3,4)5;1-6-31(7-2,8-3)30-23-12-10-9-11-22(23)27-25-20-14-13-19(17-21(20)26-27)15-16-29-24(28)18(4)5;1-15(2)23(28)29-10-9-16-7-8-19(14-27)22(11-16)26-24-20-12-17-5-3-4-6-18(17)13-21(20)25-26;1-11(2)19(26)27-6-5-12-3-4-13(10-25)18(7-12)24-22-16-8-14(20)15(21)9-17(16)23-24;1-12(2)19(25)26-8-7-13-3-4-14(11-24)18(9-13)23-21-16-6-5-15(20)10-17(16)22-23/h6-9,12-13H,1,10-11H2,2-5H3;9-14,17H,4,6-8,15-16H2,1-3,5H3;3-8,11-14H,1,9-10H2,2H3;3-4,7-10H,1,5-6H2,2H3;3-6,9-11H,1,7-8H2,2H3. The van der Waals surface area contributed by atoms with Gasteiger partial charge in [0, 0.05) is 81.7 Å². The summed E-state index contributed by atoms with van der Waals surface area (Å²) in [5.41, 5.74) is 16.9. The number of aromatic nitrogens is 15. The van der Waals surface area contributed by atoms with Crippen LogP contribution in [0.25, 0.3) is 94.4 Å². The number of benzene rings is 11. The van der Waals surface area contributed by atoms with Crippen LogP contribution in [0.15, 0.2) is 261 Å². The number of aldehydes is 3.